The maximum atomic E-state index is 12.9. The monoisotopic (exact) mass is 945 g/mol. The first-order valence-electron chi connectivity index (χ1n) is 30.2. The fourth-order valence-corrected chi connectivity index (χ4v) is 9.21. The lowest BCUT2D eigenvalue weighted by Crippen LogP contribution is -2.30. The van der Waals surface area contributed by atoms with Crippen molar-refractivity contribution < 1.29 is 28.6 Å². The van der Waals surface area contributed by atoms with Gasteiger partial charge in [-0.15, -0.1) is 0 Å². The number of hydrogen-bond donors (Lipinski definition) is 0. The minimum absolute atomic E-state index is 0.0655. The summed E-state index contributed by atoms with van der Waals surface area (Å²) in [4.78, 5) is 38.2. The Kier molecular flexibility index (Phi) is 55.2. The van der Waals surface area contributed by atoms with E-state index in [4.69, 9.17) is 14.2 Å². The van der Waals surface area contributed by atoms with Crippen molar-refractivity contribution in [1.29, 1.82) is 0 Å². The quantitative estimate of drug-likeness (QED) is 0.0262. The number of hydrogen-bond acceptors (Lipinski definition) is 6. The van der Waals surface area contributed by atoms with E-state index in [9.17, 15) is 14.4 Å². The van der Waals surface area contributed by atoms with Gasteiger partial charge in [0.05, 0.1) is 0 Å². The van der Waals surface area contributed by atoms with Crippen LogP contribution in [0, 0.1) is 0 Å². The van der Waals surface area contributed by atoms with E-state index in [0.717, 1.165) is 57.8 Å². The molecule has 0 aliphatic heterocycles. The summed E-state index contributed by atoms with van der Waals surface area (Å²) in [6, 6.07) is 0. The topological polar surface area (TPSA) is 78.9 Å². The molecular weight excluding hydrogens is 829 g/mol. The van der Waals surface area contributed by atoms with E-state index in [-0.39, 0.29) is 31.1 Å². The van der Waals surface area contributed by atoms with Crippen molar-refractivity contribution in [3.63, 3.8) is 0 Å². The summed E-state index contributed by atoms with van der Waals surface area (Å²) in [5, 5.41) is 0. The number of esters is 3. The zero-order chi connectivity index (χ0) is 48.6. The van der Waals surface area contributed by atoms with E-state index in [1.54, 1.807) is 0 Å². The Morgan fingerprint density at radius 1 is 0.284 bits per heavy atom. The summed E-state index contributed by atoms with van der Waals surface area (Å²) in [5.74, 6) is -0.843. The molecule has 0 aromatic heterocycles. The predicted molar refractivity (Wildman–Crippen MR) is 289 cm³/mol. The number of carbonyl (C=O) groups excluding carboxylic acids is 3. The van der Waals surface area contributed by atoms with Crippen molar-refractivity contribution >= 4 is 17.9 Å². The van der Waals surface area contributed by atoms with Gasteiger partial charge in [-0.25, -0.2) is 0 Å². The molecule has 0 aliphatic carbocycles. The largest absolute Gasteiger partial charge is 0.462 e. The normalized spacial score (nSPS) is 12.0. The number of allylic oxidation sites excluding steroid dienone is 2. The van der Waals surface area contributed by atoms with E-state index in [1.165, 1.54) is 244 Å². The third-order valence-corrected chi connectivity index (χ3v) is 13.8. The van der Waals surface area contributed by atoms with Crippen LogP contribution in [0.4, 0.5) is 0 Å². The Hall–Kier alpha value is -1.85. The van der Waals surface area contributed by atoms with Gasteiger partial charge >= 0.3 is 17.9 Å². The molecule has 396 valence electrons. The van der Waals surface area contributed by atoms with Crippen molar-refractivity contribution in [2.45, 2.75) is 348 Å². The van der Waals surface area contributed by atoms with Gasteiger partial charge in [-0.05, 0) is 44.9 Å². The lowest BCUT2D eigenvalue weighted by Gasteiger charge is -2.18. The van der Waals surface area contributed by atoms with Crippen LogP contribution in [0.25, 0.3) is 0 Å². The first kappa shape index (κ1) is 65.1. The van der Waals surface area contributed by atoms with Crippen LogP contribution in [0.1, 0.15) is 342 Å². The number of rotatable bonds is 56. The molecule has 0 radical (unpaired) electrons. The Balaban J connectivity index is 4.29. The first-order chi connectivity index (χ1) is 33.0. The van der Waals surface area contributed by atoms with Crippen LogP contribution in [0.15, 0.2) is 12.2 Å². The highest BCUT2D eigenvalue weighted by Crippen LogP contribution is 2.17. The summed E-state index contributed by atoms with van der Waals surface area (Å²) in [5.41, 5.74) is 0. The van der Waals surface area contributed by atoms with Crippen molar-refractivity contribution in [3.05, 3.63) is 12.2 Å². The van der Waals surface area contributed by atoms with Gasteiger partial charge in [0, 0.05) is 19.3 Å². The molecule has 0 spiro atoms. The van der Waals surface area contributed by atoms with Crippen molar-refractivity contribution in [3.8, 4) is 0 Å². The Morgan fingerprint density at radius 3 is 0.746 bits per heavy atom. The van der Waals surface area contributed by atoms with Gasteiger partial charge in [0.15, 0.2) is 6.10 Å². The standard InChI is InChI=1S/C61H116O6/c1-4-7-10-13-16-19-22-25-27-29-30-32-33-36-39-42-45-48-51-54-60(63)66-57-58(56-65-59(62)53-50-47-44-41-38-35-24-21-18-15-12-9-6-3)67-61(64)55-52-49-46-43-40-37-34-31-28-26-23-20-17-14-11-8-5-2/h26,28,58H,4-25,27,29-57H2,1-3H3/b28-26+/t58-/m1/s1. The lowest BCUT2D eigenvalue weighted by atomic mass is 10.0. The zero-order valence-electron chi connectivity index (χ0n) is 45.5. The summed E-state index contributed by atoms with van der Waals surface area (Å²) in [6.45, 7) is 6.70. The second-order valence-electron chi connectivity index (χ2n) is 20.6. The smallest absolute Gasteiger partial charge is 0.306 e. The molecule has 0 saturated carbocycles. The van der Waals surface area contributed by atoms with Crippen LogP contribution in [0.3, 0.4) is 0 Å². The Labute approximate surface area is 418 Å². The van der Waals surface area contributed by atoms with E-state index >= 15 is 0 Å². The lowest BCUT2D eigenvalue weighted by molar-refractivity contribution is -0.167. The highest BCUT2D eigenvalue weighted by Gasteiger charge is 2.19. The van der Waals surface area contributed by atoms with Crippen LogP contribution in [0.2, 0.25) is 0 Å². The van der Waals surface area contributed by atoms with E-state index in [2.05, 4.69) is 32.9 Å². The van der Waals surface area contributed by atoms with Crippen molar-refractivity contribution in [1.82, 2.24) is 0 Å². The van der Waals surface area contributed by atoms with Gasteiger partial charge in [0.25, 0.3) is 0 Å². The average Bonchev–Trinajstić information content (AvgIpc) is 3.33. The summed E-state index contributed by atoms with van der Waals surface area (Å²) < 4.78 is 16.9. The van der Waals surface area contributed by atoms with Gasteiger partial charge < -0.3 is 14.2 Å². The van der Waals surface area contributed by atoms with Crippen molar-refractivity contribution in [2.24, 2.45) is 0 Å². The van der Waals surface area contributed by atoms with Gasteiger partial charge in [-0.1, -0.05) is 290 Å². The van der Waals surface area contributed by atoms with E-state index in [1.807, 2.05) is 0 Å². The Bertz CT molecular complexity index is 1040. The number of ether oxygens (including phenoxy) is 3. The van der Waals surface area contributed by atoms with Crippen LogP contribution in [0.5, 0.6) is 0 Å². The predicted octanol–water partition coefficient (Wildman–Crippen LogP) is 20.1. The molecule has 6 heteroatoms. The molecule has 0 fully saturated rings. The molecule has 0 N–H and O–H groups in total. The SMILES string of the molecule is CCCCCCCC/C=C/CCCCCCCCCC(=O)O[C@H](COC(=O)CCCCCCCCCCCCCCC)COC(=O)CCCCCCCCCCCCCCCCCCCCC. The van der Waals surface area contributed by atoms with Crippen LogP contribution >= 0.6 is 0 Å². The minimum atomic E-state index is -0.767. The van der Waals surface area contributed by atoms with E-state index < -0.39 is 6.10 Å². The van der Waals surface area contributed by atoms with Crippen LogP contribution in [-0.4, -0.2) is 37.2 Å². The first-order valence-corrected chi connectivity index (χ1v) is 30.2. The Morgan fingerprint density at radius 2 is 0.493 bits per heavy atom. The molecule has 67 heavy (non-hydrogen) atoms. The van der Waals surface area contributed by atoms with Gasteiger partial charge in [-0.3, -0.25) is 14.4 Å². The molecule has 0 aromatic rings. The number of unbranched alkanes of at least 4 members (excludes halogenated alkanes) is 43. The van der Waals surface area contributed by atoms with Crippen LogP contribution in [-0.2, 0) is 28.6 Å². The molecule has 0 aromatic carbocycles. The molecule has 0 rings (SSSR count). The highest BCUT2D eigenvalue weighted by atomic mass is 16.6. The zero-order valence-corrected chi connectivity index (χ0v) is 45.5. The molecule has 0 bridgehead atoms. The third-order valence-electron chi connectivity index (χ3n) is 13.8. The van der Waals surface area contributed by atoms with Gasteiger partial charge in [0.2, 0.25) is 0 Å². The molecule has 6 nitrogen and oxygen atoms in total. The molecule has 0 saturated heterocycles. The second-order valence-corrected chi connectivity index (χ2v) is 20.6. The summed E-state index contributed by atoms with van der Waals surface area (Å²) in [7, 11) is 0. The molecule has 0 aliphatic rings. The summed E-state index contributed by atoms with van der Waals surface area (Å²) in [6.07, 6.45) is 64.9. The molecule has 0 amide bonds. The number of carbonyl (C=O) groups is 3. The average molecular weight is 946 g/mol. The maximum Gasteiger partial charge on any atom is 0.306 e. The van der Waals surface area contributed by atoms with Gasteiger partial charge in [-0.2, -0.15) is 0 Å². The van der Waals surface area contributed by atoms with Gasteiger partial charge in [0.1, 0.15) is 13.2 Å². The summed E-state index contributed by atoms with van der Waals surface area (Å²) >= 11 is 0. The maximum absolute atomic E-state index is 12.9. The fourth-order valence-electron chi connectivity index (χ4n) is 9.21. The van der Waals surface area contributed by atoms with Crippen molar-refractivity contribution in [2.75, 3.05) is 13.2 Å². The van der Waals surface area contributed by atoms with E-state index in [0.29, 0.717) is 19.3 Å². The molecule has 0 heterocycles. The minimum Gasteiger partial charge on any atom is -0.462 e. The molecule has 1 atom stereocenters. The fraction of sp³-hybridized carbons (Fsp3) is 0.918. The highest BCUT2D eigenvalue weighted by molar-refractivity contribution is 5.71. The molecule has 0 unspecified atom stereocenters. The van der Waals surface area contributed by atoms with Crippen LogP contribution < -0.4 is 0 Å². The third kappa shape index (κ3) is 55.0. The molecular formula is C61H116O6. The second kappa shape index (κ2) is 56.7.